The van der Waals surface area contributed by atoms with Crippen molar-refractivity contribution in [3.63, 3.8) is 0 Å². The Labute approximate surface area is 147 Å². The molecular weight excluding hydrogens is 326 g/mol. The molecule has 1 amide bonds. The van der Waals surface area contributed by atoms with Crippen LogP contribution < -0.4 is 0 Å². The number of piperidine rings is 1. The molecule has 0 saturated carbocycles. The Morgan fingerprint density at radius 3 is 2.83 bits per heavy atom. The van der Waals surface area contributed by atoms with Crippen molar-refractivity contribution >= 4 is 17.5 Å². The molecule has 1 aromatic heterocycles. The lowest BCUT2D eigenvalue weighted by molar-refractivity contribution is -0.133. The van der Waals surface area contributed by atoms with Crippen LogP contribution in [0, 0.1) is 0 Å². The van der Waals surface area contributed by atoms with E-state index in [0.717, 1.165) is 36.5 Å². The number of likely N-dealkylation sites (tertiary alicyclic amines) is 1. The Morgan fingerprint density at radius 2 is 2.08 bits per heavy atom. The number of carbonyl (C=O) groups is 1. The summed E-state index contributed by atoms with van der Waals surface area (Å²) in [5.74, 6) is 1.78. The summed E-state index contributed by atoms with van der Waals surface area (Å²) in [7, 11) is 0. The molecule has 0 bridgehead atoms. The zero-order valence-corrected chi connectivity index (χ0v) is 14.6. The predicted octanol–water partition coefficient (Wildman–Crippen LogP) is 3.62. The number of hydrogen-bond donors (Lipinski definition) is 0. The lowest BCUT2D eigenvalue weighted by Gasteiger charge is -2.31. The monoisotopic (exact) mass is 347 g/mol. The molecule has 1 aromatic carbocycles. The maximum atomic E-state index is 12.2. The van der Waals surface area contributed by atoms with Gasteiger partial charge in [-0.3, -0.25) is 4.79 Å². The lowest BCUT2D eigenvalue weighted by atomic mass is 9.97. The Kier molecular flexibility index (Phi) is 5.51. The fourth-order valence-electron chi connectivity index (χ4n) is 3.01. The van der Waals surface area contributed by atoms with Gasteiger partial charge < -0.3 is 9.42 Å². The second kappa shape index (κ2) is 7.79. The molecule has 1 aliphatic rings. The summed E-state index contributed by atoms with van der Waals surface area (Å²) in [5, 5.41) is 4.75. The van der Waals surface area contributed by atoms with Gasteiger partial charge >= 0.3 is 0 Å². The maximum absolute atomic E-state index is 12.2. The van der Waals surface area contributed by atoms with Gasteiger partial charge in [0.05, 0.1) is 5.92 Å². The Balaban J connectivity index is 1.60. The van der Waals surface area contributed by atoms with Gasteiger partial charge in [0.2, 0.25) is 11.8 Å². The van der Waals surface area contributed by atoms with Gasteiger partial charge in [0.15, 0.2) is 5.82 Å². The van der Waals surface area contributed by atoms with Crippen LogP contribution in [0.4, 0.5) is 0 Å². The first-order valence-electron chi connectivity index (χ1n) is 8.50. The summed E-state index contributed by atoms with van der Waals surface area (Å²) in [4.78, 5) is 18.6. The zero-order valence-electron chi connectivity index (χ0n) is 13.9. The molecule has 5 nitrogen and oxygen atoms in total. The predicted molar refractivity (Wildman–Crippen MR) is 92.0 cm³/mol. The first kappa shape index (κ1) is 17.0. The summed E-state index contributed by atoms with van der Waals surface area (Å²) >= 11 is 5.91. The van der Waals surface area contributed by atoms with E-state index in [4.69, 9.17) is 16.1 Å². The number of benzene rings is 1. The highest BCUT2D eigenvalue weighted by Gasteiger charge is 2.29. The number of hydrogen-bond acceptors (Lipinski definition) is 4. The van der Waals surface area contributed by atoms with E-state index in [0.29, 0.717) is 25.4 Å². The highest BCUT2D eigenvalue weighted by Crippen LogP contribution is 2.26. The average Bonchev–Trinajstić information content (AvgIpc) is 3.05. The second-order valence-electron chi connectivity index (χ2n) is 6.25. The van der Waals surface area contributed by atoms with Gasteiger partial charge in [-0.25, -0.2) is 0 Å². The number of halogens is 1. The lowest BCUT2D eigenvalue weighted by Crippen LogP contribution is -2.40. The van der Waals surface area contributed by atoms with Crippen molar-refractivity contribution in [3.05, 3.63) is 46.6 Å². The minimum Gasteiger partial charge on any atom is -0.342 e. The third kappa shape index (κ3) is 4.15. The highest BCUT2D eigenvalue weighted by molar-refractivity contribution is 6.30. The van der Waals surface area contributed by atoms with Gasteiger partial charge in [0.25, 0.3) is 0 Å². The van der Waals surface area contributed by atoms with E-state index < -0.39 is 0 Å². The molecule has 6 heteroatoms. The van der Waals surface area contributed by atoms with Crippen LogP contribution in [0.3, 0.4) is 0 Å². The van der Waals surface area contributed by atoms with Crippen LogP contribution >= 0.6 is 11.6 Å². The van der Waals surface area contributed by atoms with Crippen molar-refractivity contribution < 1.29 is 9.32 Å². The first-order chi connectivity index (χ1) is 11.7. The molecular formula is C18H22ClN3O2. The Hall–Kier alpha value is -1.88. The topological polar surface area (TPSA) is 59.2 Å². The standard InChI is InChI=1S/C18H22ClN3O2/c1-2-3-16-20-18(24-21-16)14-6-9-17(23)22(12-14)11-10-13-4-7-15(19)8-5-13/h4-5,7-8,14H,2-3,6,9-12H2,1H3. The molecule has 24 heavy (non-hydrogen) atoms. The van der Waals surface area contributed by atoms with Gasteiger partial charge in [0, 0.05) is 31.0 Å². The van der Waals surface area contributed by atoms with E-state index in [1.54, 1.807) is 0 Å². The summed E-state index contributed by atoms with van der Waals surface area (Å²) in [6.07, 6.45) is 3.96. The van der Waals surface area contributed by atoms with Crippen LogP contribution in [0.2, 0.25) is 5.02 Å². The van der Waals surface area contributed by atoms with Gasteiger partial charge in [0.1, 0.15) is 0 Å². The summed E-state index contributed by atoms with van der Waals surface area (Å²) in [6, 6.07) is 7.77. The number of amides is 1. The summed E-state index contributed by atoms with van der Waals surface area (Å²) in [5.41, 5.74) is 1.18. The molecule has 0 radical (unpaired) electrons. The molecule has 0 N–H and O–H groups in total. The van der Waals surface area contributed by atoms with Crippen LogP contribution in [-0.4, -0.2) is 34.0 Å². The van der Waals surface area contributed by atoms with Crippen LogP contribution in [-0.2, 0) is 17.6 Å². The smallest absolute Gasteiger partial charge is 0.231 e. The van der Waals surface area contributed by atoms with Gasteiger partial charge in [-0.15, -0.1) is 0 Å². The fraction of sp³-hybridized carbons (Fsp3) is 0.500. The third-order valence-electron chi connectivity index (χ3n) is 4.39. The number of aryl methyl sites for hydroxylation is 1. The van der Waals surface area contributed by atoms with Crippen LogP contribution in [0.1, 0.15) is 49.4 Å². The van der Waals surface area contributed by atoms with Crippen molar-refractivity contribution in [2.75, 3.05) is 13.1 Å². The number of rotatable bonds is 6. The normalized spacial score (nSPS) is 18.2. The van der Waals surface area contributed by atoms with Crippen LogP contribution in [0.5, 0.6) is 0 Å². The quantitative estimate of drug-likeness (QED) is 0.800. The maximum Gasteiger partial charge on any atom is 0.231 e. The van der Waals surface area contributed by atoms with Gasteiger partial charge in [-0.1, -0.05) is 35.8 Å². The number of nitrogens with zero attached hydrogens (tertiary/aromatic N) is 3. The van der Waals surface area contributed by atoms with E-state index >= 15 is 0 Å². The molecule has 3 rings (SSSR count). The van der Waals surface area contributed by atoms with E-state index in [-0.39, 0.29) is 11.8 Å². The minimum absolute atomic E-state index is 0.144. The van der Waals surface area contributed by atoms with Gasteiger partial charge in [-0.2, -0.15) is 4.98 Å². The SMILES string of the molecule is CCCc1noc(C2CCC(=O)N(CCc3ccc(Cl)cc3)C2)n1. The summed E-state index contributed by atoms with van der Waals surface area (Å²) in [6.45, 7) is 3.45. The molecule has 2 aromatic rings. The van der Waals surface area contributed by atoms with E-state index in [9.17, 15) is 4.79 Å². The molecule has 2 heterocycles. The molecule has 1 aliphatic heterocycles. The molecule has 128 valence electrons. The van der Waals surface area contributed by atoms with Gasteiger partial charge in [-0.05, 0) is 37.0 Å². The largest absolute Gasteiger partial charge is 0.342 e. The molecule has 1 atom stereocenters. The minimum atomic E-state index is 0.144. The third-order valence-corrected chi connectivity index (χ3v) is 4.64. The van der Waals surface area contributed by atoms with Crippen LogP contribution in [0.15, 0.2) is 28.8 Å². The van der Waals surface area contributed by atoms with E-state index in [1.807, 2.05) is 29.2 Å². The molecule has 0 spiro atoms. The zero-order chi connectivity index (χ0) is 16.9. The molecule has 1 fully saturated rings. The van der Waals surface area contributed by atoms with E-state index in [1.165, 1.54) is 5.56 Å². The molecule has 0 aliphatic carbocycles. The number of carbonyl (C=O) groups excluding carboxylic acids is 1. The Bertz CT molecular complexity index is 684. The second-order valence-corrected chi connectivity index (χ2v) is 6.69. The average molecular weight is 348 g/mol. The van der Waals surface area contributed by atoms with Crippen molar-refractivity contribution in [1.29, 1.82) is 0 Å². The summed E-state index contributed by atoms with van der Waals surface area (Å²) < 4.78 is 5.40. The fourth-order valence-corrected chi connectivity index (χ4v) is 3.13. The Morgan fingerprint density at radius 1 is 1.29 bits per heavy atom. The molecule has 1 saturated heterocycles. The van der Waals surface area contributed by atoms with Crippen LogP contribution in [0.25, 0.3) is 0 Å². The number of aromatic nitrogens is 2. The van der Waals surface area contributed by atoms with Crippen molar-refractivity contribution in [2.45, 2.75) is 44.9 Å². The first-order valence-corrected chi connectivity index (χ1v) is 8.88. The molecule has 1 unspecified atom stereocenters. The van der Waals surface area contributed by atoms with Crippen molar-refractivity contribution in [3.8, 4) is 0 Å². The highest BCUT2D eigenvalue weighted by atomic mass is 35.5. The van der Waals surface area contributed by atoms with Crippen molar-refractivity contribution in [2.24, 2.45) is 0 Å². The van der Waals surface area contributed by atoms with E-state index in [2.05, 4.69) is 17.1 Å². The van der Waals surface area contributed by atoms with Crippen molar-refractivity contribution in [1.82, 2.24) is 15.0 Å².